The number of anilines is 2. The molecule has 2 N–H and O–H groups in total. The number of carbonyl (C=O) groups excluding carboxylic acids is 2. The van der Waals surface area contributed by atoms with E-state index in [-0.39, 0.29) is 18.2 Å². The van der Waals surface area contributed by atoms with Gasteiger partial charge in [0.1, 0.15) is 6.42 Å². The van der Waals surface area contributed by atoms with E-state index >= 15 is 0 Å². The molecule has 1 aliphatic carbocycles. The molecule has 0 aromatic heterocycles. The number of allylic oxidation sites excluding steroid dienone is 1. The van der Waals surface area contributed by atoms with Crippen LogP contribution in [0.5, 0.6) is 0 Å². The van der Waals surface area contributed by atoms with Crippen LogP contribution >= 0.6 is 0 Å². The van der Waals surface area contributed by atoms with Crippen molar-refractivity contribution in [1.82, 2.24) is 5.32 Å². The highest BCUT2D eigenvalue weighted by Gasteiger charge is 2.10. The summed E-state index contributed by atoms with van der Waals surface area (Å²) in [5, 5.41) is 5.62. The van der Waals surface area contributed by atoms with Crippen LogP contribution in [0.1, 0.15) is 52.4 Å². The van der Waals surface area contributed by atoms with Crippen LogP contribution < -0.4 is 15.5 Å². The topological polar surface area (TPSA) is 61.4 Å². The summed E-state index contributed by atoms with van der Waals surface area (Å²) in [6.07, 6.45) is 7.83. The van der Waals surface area contributed by atoms with E-state index in [1.54, 1.807) is 0 Å². The van der Waals surface area contributed by atoms with E-state index in [1.165, 1.54) is 18.4 Å². The zero-order chi connectivity index (χ0) is 18.8. The largest absolute Gasteiger partial charge is 0.372 e. The van der Waals surface area contributed by atoms with Gasteiger partial charge >= 0.3 is 0 Å². The Bertz CT molecular complexity index is 619. The lowest BCUT2D eigenvalue weighted by Gasteiger charge is -2.21. The van der Waals surface area contributed by atoms with Crippen molar-refractivity contribution in [3.63, 3.8) is 0 Å². The fourth-order valence-corrected chi connectivity index (χ4v) is 3.25. The van der Waals surface area contributed by atoms with Crippen LogP contribution in [0.2, 0.25) is 0 Å². The fraction of sp³-hybridized carbons (Fsp3) is 0.524. The Kier molecular flexibility index (Phi) is 8.19. The molecule has 142 valence electrons. The molecule has 1 aliphatic rings. The van der Waals surface area contributed by atoms with Gasteiger partial charge in [-0.1, -0.05) is 11.6 Å². The Morgan fingerprint density at radius 3 is 2.38 bits per heavy atom. The van der Waals surface area contributed by atoms with Gasteiger partial charge < -0.3 is 15.5 Å². The third-order valence-electron chi connectivity index (χ3n) is 4.75. The maximum absolute atomic E-state index is 12.0. The van der Waals surface area contributed by atoms with Gasteiger partial charge in [0.25, 0.3) is 0 Å². The molecule has 0 unspecified atom stereocenters. The summed E-state index contributed by atoms with van der Waals surface area (Å²) < 4.78 is 0. The number of rotatable bonds is 9. The molecular formula is C21H31N3O2. The van der Waals surface area contributed by atoms with E-state index < -0.39 is 0 Å². The SMILES string of the molecule is CCN(CC)c1ccc(NC(=O)CC(=O)NCCC2=CCCCC2)cc1. The number of hydrogen-bond acceptors (Lipinski definition) is 3. The number of hydrogen-bond donors (Lipinski definition) is 2. The minimum absolute atomic E-state index is 0.142. The van der Waals surface area contributed by atoms with Gasteiger partial charge in [-0.25, -0.2) is 0 Å². The van der Waals surface area contributed by atoms with E-state index in [1.807, 2.05) is 24.3 Å². The van der Waals surface area contributed by atoms with Gasteiger partial charge in [0, 0.05) is 31.0 Å². The molecule has 2 amide bonds. The van der Waals surface area contributed by atoms with E-state index in [2.05, 4.69) is 35.5 Å². The summed E-state index contributed by atoms with van der Waals surface area (Å²) in [5.74, 6) is -0.506. The molecule has 0 spiro atoms. The van der Waals surface area contributed by atoms with Crippen LogP contribution in [0.15, 0.2) is 35.9 Å². The smallest absolute Gasteiger partial charge is 0.233 e. The molecule has 0 radical (unpaired) electrons. The number of carbonyl (C=O) groups is 2. The minimum atomic E-state index is -0.282. The van der Waals surface area contributed by atoms with E-state index in [0.717, 1.165) is 38.0 Å². The maximum Gasteiger partial charge on any atom is 0.233 e. The summed E-state index contributed by atoms with van der Waals surface area (Å²) in [6, 6.07) is 7.72. The van der Waals surface area contributed by atoms with Crippen molar-refractivity contribution in [2.45, 2.75) is 52.4 Å². The van der Waals surface area contributed by atoms with E-state index in [0.29, 0.717) is 12.2 Å². The van der Waals surface area contributed by atoms with E-state index in [9.17, 15) is 9.59 Å². The molecule has 1 aromatic carbocycles. The summed E-state index contributed by atoms with van der Waals surface area (Å²) in [6.45, 7) is 6.72. The average Bonchev–Trinajstić information content (AvgIpc) is 2.65. The van der Waals surface area contributed by atoms with Crippen LogP contribution in [-0.4, -0.2) is 31.4 Å². The third kappa shape index (κ3) is 6.54. The van der Waals surface area contributed by atoms with Gasteiger partial charge in [0.05, 0.1) is 0 Å². The molecule has 0 saturated heterocycles. The quantitative estimate of drug-likeness (QED) is 0.521. The molecule has 5 nitrogen and oxygen atoms in total. The Hall–Kier alpha value is -2.30. The summed E-state index contributed by atoms with van der Waals surface area (Å²) in [4.78, 5) is 26.2. The molecule has 0 aliphatic heterocycles. The number of amides is 2. The van der Waals surface area contributed by atoms with Crippen molar-refractivity contribution in [3.05, 3.63) is 35.9 Å². The minimum Gasteiger partial charge on any atom is -0.372 e. The summed E-state index contributed by atoms with van der Waals surface area (Å²) in [7, 11) is 0. The number of benzene rings is 1. The standard InChI is InChI=1S/C21H31N3O2/c1-3-24(4-2)19-12-10-18(11-13-19)23-21(26)16-20(25)22-15-14-17-8-6-5-7-9-17/h8,10-13H,3-7,9,14-16H2,1-2H3,(H,22,25)(H,23,26). The molecule has 1 aromatic rings. The predicted molar refractivity (Wildman–Crippen MR) is 107 cm³/mol. The van der Waals surface area contributed by atoms with E-state index in [4.69, 9.17) is 0 Å². The Labute approximate surface area is 156 Å². The highest BCUT2D eigenvalue weighted by Crippen LogP contribution is 2.19. The van der Waals surface area contributed by atoms with Gasteiger partial charge in [-0.15, -0.1) is 0 Å². The Balaban J connectivity index is 1.71. The maximum atomic E-state index is 12.0. The van der Waals surface area contributed by atoms with Gasteiger partial charge in [-0.2, -0.15) is 0 Å². The molecule has 0 fully saturated rings. The first kappa shape index (κ1) is 20.0. The van der Waals surface area contributed by atoms with Crippen molar-refractivity contribution < 1.29 is 9.59 Å². The van der Waals surface area contributed by atoms with Crippen molar-refractivity contribution in [1.29, 1.82) is 0 Å². The molecule has 0 bridgehead atoms. The van der Waals surface area contributed by atoms with Crippen molar-refractivity contribution in [2.24, 2.45) is 0 Å². The van der Waals surface area contributed by atoms with Crippen LogP contribution in [-0.2, 0) is 9.59 Å². The molecule has 0 heterocycles. The molecule has 0 saturated carbocycles. The molecule has 2 rings (SSSR count). The van der Waals surface area contributed by atoms with Crippen LogP contribution in [0.4, 0.5) is 11.4 Å². The summed E-state index contributed by atoms with van der Waals surface area (Å²) >= 11 is 0. The van der Waals surface area contributed by atoms with Crippen molar-refractivity contribution in [2.75, 3.05) is 29.9 Å². The fourth-order valence-electron chi connectivity index (χ4n) is 3.25. The number of nitrogens with one attached hydrogen (secondary N) is 2. The number of nitrogens with zero attached hydrogens (tertiary/aromatic N) is 1. The highest BCUT2D eigenvalue weighted by molar-refractivity contribution is 6.03. The van der Waals surface area contributed by atoms with Crippen molar-refractivity contribution >= 4 is 23.2 Å². The Morgan fingerprint density at radius 1 is 1.04 bits per heavy atom. The lowest BCUT2D eigenvalue weighted by molar-refractivity contribution is -0.126. The highest BCUT2D eigenvalue weighted by atomic mass is 16.2. The van der Waals surface area contributed by atoms with Gasteiger partial charge in [-0.05, 0) is 70.2 Å². The second-order valence-corrected chi connectivity index (χ2v) is 6.65. The zero-order valence-electron chi connectivity index (χ0n) is 16.0. The first-order chi connectivity index (χ1) is 12.6. The second-order valence-electron chi connectivity index (χ2n) is 6.65. The van der Waals surface area contributed by atoms with Gasteiger partial charge in [-0.3, -0.25) is 9.59 Å². The van der Waals surface area contributed by atoms with Crippen LogP contribution in [0, 0.1) is 0 Å². The monoisotopic (exact) mass is 357 g/mol. The molecular weight excluding hydrogens is 326 g/mol. The van der Waals surface area contributed by atoms with Crippen LogP contribution in [0.3, 0.4) is 0 Å². The first-order valence-corrected chi connectivity index (χ1v) is 9.71. The zero-order valence-corrected chi connectivity index (χ0v) is 16.0. The Morgan fingerprint density at radius 2 is 1.77 bits per heavy atom. The summed E-state index contributed by atoms with van der Waals surface area (Å²) in [5.41, 5.74) is 3.27. The van der Waals surface area contributed by atoms with Gasteiger partial charge in [0.2, 0.25) is 11.8 Å². The van der Waals surface area contributed by atoms with Gasteiger partial charge in [0.15, 0.2) is 0 Å². The molecule has 26 heavy (non-hydrogen) atoms. The first-order valence-electron chi connectivity index (χ1n) is 9.71. The van der Waals surface area contributed by atoms with Crippen molar-refractivity contribution in [3.8, 4) is 0 Å². The van der Waals surface area contributed by atoms with Crippen LogP contribution in [0.25, 0.3) is 0 Å². The second kappa shape index (κ2) is 10.6. The lowest BCUT2D eigenvalue weighted by Crippen LogP contribution is -2.29. The molecule has 0 atom stereocenters. The average molecular weight is 357 g/mol. The third-order valence-corrected chi connectivity index (χ3v) is 4.75. The lowest BCUT2D eigenvalue weighted by atomic mass is 9.97. The normalized spacial score (nSPS) is 13.7. The molecule has 5 heteroatoms. The predicted octanol–water partition coefficient (Wildman–Crippen LogP) is 3.87.